The molecule has 0 saturated heterocycles. The van der Waals surface area contributed by atoms with Crippen LogP contribution in [-0.4, -0.2) is 13.3 Å². The van der Waals surface area contributed by atoms with Gasteiger partial charge in [0, 0.05) is 10.6 Å². The predicted molar refractivity (Wildman–Crippen MR) is 106 cm³/mol. The Hall–Kier alpha value is -3.05. The summed E-state index contributed by atoms with van der Waals surface area (Å²) in [5.41, 5.74) is 5.29. The van der Waals surface area contributed by atoms with Crippen molar-refractivity contribution in [2.75, 3.05) is 12.5 Å². The van der Waals surface area contributed by atoms with Crippen molar-refractivity contribution in [3.63, 3.8) is 0 Å². The molecule has 138 valence electrons. The lowest BCUT2D eigenvalue weighted by Crippen LogP contribution is -2.01. The van der Waals surface area contributed by atoms with E-state index < -0.39 is 0 Å². The van der Waals surface area contributed by atoms with Gasteiger partial charge in [0.2, 0.25) is 0 Å². The molecule has 0 spiro atoms. The third kappa shape index (κ3) is 5.21. The lowest BCUT2D eigenvalue weighted by atomic mass is 10.2. The molecule has 1 N–H and O–H groups in total. The number of methoxy groups -OCH3 is 1. The molecule has 3 aromatic carbocycles. The highest BCUT2D eigenvalue weighted by Crippen LogP contribution is 2.31. The van der Waals surface area contributed by atoms with Gasteiger partial charge in [-0.3, -0.25) is 5.43 Å². The summed E-state index contributed by atoms with van der Waals surface area (Å²) in [6, 6.07) is 19.0. The molecule has 0 aliphatic carbocycles. The minimum atomic E-state index is -0.282. The fourth-order valence-electron chi connectivity index (χ4n) is 2.42. The zero-order chi connectivity index (χ0) is 19.1. The lowest BCUT2D eigenvalue weighted by molar-refractivity contribution is 0.284. The van der Waals surface area contributed by atoms with Crippen LogP contribution in [0.15, 0.2) is 71.8 Å². The van der Waals surface area contributed by atoms with Gasteiger partial charge >= 0.3 is 0 Å². The Kier molecular flexibility index (Phi) is 6.28. The normalized spacial score (nSPS) is 10.8. The first-order valence-electron chi connectivity index (χ1n) is 8.24. The van der Waals surface area contributed by atoms with Gasteiger partial charge in [-0.05, 0) is 48.0 Å². The van der Waals surface area contributed by atoms with Crippen molar-refractivity contribution < 1.29 is 13.9 Å². The van der Waals surface area contributed by atoms with Gasteiger partial charge in [-0.2, -0.15) is 5.10 Å². The zero-order valence-electron chi connectivity index (χ0n) is 14.7. The maximum atomic E-state index is 13.0. The molecule has 3 rings (SSSR count). The molecule has 0 aromatic heterocycles. The van der Waals surface area contributed by atoms with Crippen molar-refractivity contribution in [3.8, 4) is 11.5 Å². The largest absolute Gasteiger partial charge is 0.493 e. The zero-order valence-corrected chi connectivity index (χ0v) is 15.4. The number of nitrogens with one attached hydrogen (secondary N) is 1. The standard InChI is InChI=1S/C21H18ClFN2O2/c1-26-20-7-2-4-16(13-24-25-19-6-3-5-17(22)12-19)21(20)27-14-15-8-10-18(23)11-9-15/h2-13,25H,14H2,1H3. The fraction of sp³-hybridized carbons (Fsp3) is 0.0952. The van der Waals surface area contributed by atoms with E-state index in [9.17, 15) is 4.39 Å². The number of hydrogen-bond acceptors (Lipinski definition) is 4. The molecule has 0 radical (unpaired) electrons. The average molecular weight is 385 g/mol. The average Bonchev–Trinajstić information content (AvgIpc) is 2.68. The molecule has 0 unspecified atom stereocenters. The molecule has 4 nitrogen and oxygen atoms in total. The third-order valence-corrected chi connectivity index (χ3v) is 3.98. The number of ether oxygens (including phenoxy) is 2. The lowest BCUT2D eigenvalue weighted by Gasteiger charge is -2.13. The number of hydrogen-bond donors (Lipinski definition) is 1. The van der Waals surface area contributed by atoms with E-state index in [1.807, 2.05) is 30.3 Å². The molecule has 0 amide bonds. The van der Waals surface area contributed by atoms with Gasteiger partial charge in [0.1, 0.15) is 12.4 Å². The van der Waals surface area contributed by atoms with Crippen LogP contribution in [-0.2, 0) is 6.61 Å². The first-order valence-corrected chi connectivity index (χ1v) is 8.62. The summed E-state index contributed by atoms with van der Waals surface area (Å²) in [6.07, 6.45) is 1.64. The quantitative estimate of drug-likeness (QED) is 0.431. The summed E-state index contributed by atoms with van der Waals surface area (Å²) in [6.45, 7) is 0.281. The molecule has 0 fully saturated rings. The van der Waals surface area contributed by atoms with E-state index in [0.29, 0.717) is 16.5 Å². The highest BCUT2D eigenvalue weighted by molar-refractivity contribution is 6.30. The van der Waals surface area contributed by atoms with E-state index in [4.69, 9.17) is 21.1 Å². The van der Waals surface area contributed by atoms with Gasteiger partial charge in [0.25, 0.3) is 0 Å². The number of nitrogens with zero attached hydrogens (tertiary/aromatic N) is 1. The van der Waals surface area contributed by atoms with E-state index in [0.717, 1.165) is 16.8 Å². The number of halogens is 2. The number of para-hydroxylation sites is 1. The van der Waals surface area contributed by atoms with Crippen LogP contribution in [0.3, 0.4) is 0 Å². The van der Waals surface area contributed by atoms with Crippen LogP contribution in [0.4, 0.5) is 10.1 Å². The molecular weight excluding hydrogens is 367 g/mol. The van der Waals surface area contributed by atoms with Gasteiger partial charge in [-0.1, -0.05) is 35.9 Å². The smallest absolute Gasteiger partial charge is 0.170 e. The summed E-state index contributed by atoms with van der Waals surface area (Å²) < 4.78 is 24.4. The Balaban J connectivity index is 1.76. The van der Waals surface area contributed by atoms with E-state index in [2.05, 4.69) is 10.5 Å². The second-order valence-corrected chi connectivity index (χ2v) is 6.11. The van der Waals surface area contributed by atoms with Crippen LogP contribution < -0.4 is 14.9 Å². The van der Waals surface area contributed by atoms with Crippen LogP contribution in [0.5, 0.6) is 11.5 Å². The second-order valence-electron chi connectivity index (χ2n) is 5.67. The van der Waals surface area contributed by atoms with Gasteiger partial charge in [-0.25, -0.2) is 4.39 Å². The first kappa shape index (κ1) is 18.7. The first-order chi connectivity index (χ1) is 13.2. The topological polar surface area (TPSA) is 42.8 Å². The van der Waals surface area contributed by atoms with Gasteiger partial charge in [-0.15, -0.1) is 0 Å². The van der Waals surface area contributed by atoms with E-state index in [1.54, 1.807) is 37.6 Å². The number of rotatable bonds is 7. The molecule has 0 bridgehead atoms. The van der Waals surface area contributed by atoms with E-state index in [-0.39, 0.29) is 12.4 Å². The molecular formula is C21H18ClFN2O2. The van der Waals surface area contributed by atoms with Gasteiger partial charge in [0.05, 0.1) is 19.0 Å². The highest BCUT2D eigenvalue weighted by Gasteiger charge is 2.10. The SMILES string of the molecule is COc1cccc(C=NNc2cccc(Cl)c2)c1OCc1ccc(F)cc1. The fourth-order valence-corrected chi connectivity index (χ4v) is 2.61. The van der Waals surface area contributed by atoms with Crippen molar-refractivity contribution in [3.05, 3.63) is 88.7 Å². The Morgan fingerprint density at radius 2 is 1.85 bits per heavy atom. The number of anilines is 1. The molecule has 3 aromatic rings. The van der Waals surface area contributed by atoms with Crippen LogP contribution in [0.25, 0.3) is 0 Å². The van der Waals surface area contributed by atoms with Crippen molar-refractivity contribution in [2.24, 2.45) is 5.10 Å². The molecule has 0 aliphatic heterocycles. The summed E-state index contributed by atoms with van der Waals surface area (Å²) >= 11 is 5.96. The molecule has 0 atom stereocenters. The Labute approximate surface area is 162 Å². The van der Waals surface area contributed by atoms with Gasteiger partial charge < -0.3 is 9.47 Å². The van der Waals surface area contributed by atoms with Crippen molar-refractivity contribution in [1.29, 1.82) is 0 Å². The highest BCUT2D eigenvalue weighted by atomic mass is 35.5. The minimum absolute atomic E-state index is 0.281. The number of benzene rings is 3. The monoisotopic (exact) mass is 384 g/mol. The van der Waals surface area contributed by atoms with Crippen LogP contribution in [0, 0.1) is 5.82 Å². The van der Waals surface area contributed by atoms with Crippen molar-refractivity contribution in [1.82, 2.24) is 0 Å². The third-order valence-electron chi connectivity index (χ3n) is 3.75. The van der Waals surface area contributed by atoms with Gasteiger partial charge in [0.15, 0.2) is 11.5 Å². The molecule has 0 aliphatic rings. The second kappa shape index (κ2) is 9.05. The van der Waals surface area contributed by atoms with E-state index >= 15 is 0 Å². The summed E-state index contributed by atoms with van der Waals surface area (Å²) in [5.74, 6) is 0.862. The summed E-state index contributed by atoms with van der Waals surface area (Å²) in [7, 11) is 1.57. The Morgan fingerprint density at radius 1 is 1.07 bits per heavy atom. The summed E-state index contributed by atoms with van der Waals surface area (Å²) in [4.78, 5) is 0. The Morgan fingerprint density at radius 3 is 2.59 bits per heavy atom. The van der Waals surface area contributed by atoms with Crippen molar-refractivity contribution in [2.45, 2.75) is 6.61 Å². The molecule has 27 heavy (non-hydrogen) atoms. The predicted octanol–water partition coefficient (Wildman–Crippen LogP) is 5.51. The van der Waals surface area contributed by atoms with Crippen molar-refractivity contribution >= 4 is 23.5 Å². The molecule has 6 heteroatoms. The number of hydrazone groups is 1. The van der Waals surface area contributed by atoms with Crippen LogP contribution in [0.1, 0.15) is 11.1 Å². The Bertz CT molecular complexity index is 930. The molecule has 0 saturated carbocycles. The maximum absolute atomic E-state index is 13.0. The van der Waals surface area contributed by atoms with Crippen LogP contribution in [0.2, 0.25) is 5.02 Å². The minimum Gasteiger partial charge on any atom is -0.493 e. The maximum Gasteiger partial charge on any atom is 0.170 e. The van der Waals surface area contributed by atoms with E-state index in [1.165, 1.54) is 12.1 Å². The summed E-state index contributed by atoms with van der Waals surface area (Å²) in [5, 5.41) is 4.86. The van der Waals surface area contributed by atoms with Crippen LogP contribution >= 0.6 is 11.6 Å². The molecule has 0 heterocycles.